The smallest absolute Gasteiger partial charge is 0.211 e. The van der Waals surface area contributed by atoms with Crippen LogP contribution >= 0.6 is 15.9 Å². The van der Waals surface area contributed by atoms with E-state index in [0.717, 1.165) is 37.4 Å². The molecule has 1 atom stereocenters. The van der Waals surface area contributed by atoms with Crippen LogP contribution in [-0.2, 0) is 10.0 Å². The maximum Gasteiger partial charge on any atom is 0.211 e. The molecular formula is C14H27BrN2O2S. The van der Waals surface area contributed by atoms with Crippen molar-refractivity contribution in [1.82, 2.24) is 9.21 Å². The highest BCUT2D eigenvalue weighted by Gasteiger charge is 2.30. The van der Waals surface area contributed by atoms with Crippen LogP contribution in [-0.4, -0.2) is 61.4 Å². The Labute approximate surface area is 132 Å². The van der Waals surface area contributed by atoms with E-state index in [1.807, 2.05) is 0 Å². The summed E-state index contributed by atoms with van der Waals surface area (Å²) >= 11 is 3.51. The van der Waals surface area contributed by atoms with Crippen molar-refractivity contribution in [3.8, 4) is 0 Å². The zero-order chi connectivity index (χ0) is 14.6. The van der Waals surface area contributed by atoms with Gasteiger partial charge in [-0.1, -0.05) is 22.4 Å². The second kappa shape index (κ2) is 7.56. The first-order valence-electron chi connectivity index (χ1n) is 7.76. The predicted octanol–water partition coefficient (Wildman–Crippen LogP) is 2.30. The fourth-order valence-corrected chi connectivity index (χ4v) is 4.44. The summed E-state index contributed by atoms with van der Waals surface area (Å²) in [4.78, 5) is 2.61. The minimum atomic E-state index is -3.02. The first-order chi connectivity index (χ1) is 9.50. The van der Waals surface area contributed by atoms with E-state index in [4.69, 9.17) is 0 Å². The lowest BCUT2D eigenvalue weighted by Gasteiger charge is -2.41. The van der Waals surface area contributed by atoms with Crippen molar-refractivity contribution in [1.29, 1.82) is 0 Å². The minimum absolute atomic E-state index is 0.509. The Kier molecular flexibility index (Phi) is 6.32. The van der Waals surface area contributed by atoms with E-state index in [1.54, 1.807) is 4.31 Å². The van der Waals surface area contributed by atoms with Crippen LogP contribution in [0.25, 0.3) is 0 Å². The summed E-state index contributed by atoms with van der Waals surface area (Å²) in [5.74, 6) is 0.509. The largest absolute Gasteiger partial charge is 0.300 e. The fourth-order valence-electron chi connectivity index (χ4n) is 3.25. The molecule has 20 heavy (non-hydrogen) atoms. The molecule has 118 valence electrons. The molecule has 2 rings (SSSR count). The maximum absolute atomic E-state index is 11.7. The Balaban J connectivity index is 1.88. The molecule has 1 aliphatic carbocycles. The van der Waals surface area contributed by atoms with Gasteiger partial charge in [0.2, 0.25) is 10.0 Å². The van der Waals surface area contributed by atoms with Gasteiger partial charge < -0.3 is 4.90 Å². The molecule has 0 amide bonds. The van der Waals surface area contributed by atoms with Crippen molar-refractivity contribution in [2.45, 2.75) is 44.6 Å². The van der Waals surface area contributed by atoms with Crippen LogP contribution in [0.15, 0.2) is 0 Å². The summed E-state index contributed by atoms with van der Waals surface area (Å²) in [6, 6.07) is 0.752. The number of nitrogens with zero attached hydrogens (tertiary/aromatic N) is 2. The van der Waals surface area contributed by atoms with E-state index < -0.39 is 10.0 Å². The van der Waals surface area contributed by atoms with Crippen LogP contribution in [0, 0.1) is 5.92 Å². The first kappa shape index (κ1) is 16.7. The molecule has 1 saturated carbocycles. The lowest BCUT2D eigenvalue weighted by Crippen LogP contribution is -2.47. The number of hydrogen-bond donors (Lipinski definition) is 0. The van der Waals surface area contributed by atoms with Gasteiger partial charge in [-0.05, 0) is 44.6 Å². The van der Waals surface area contributed by atoms with E-state index in [9.17, 15) is 8.42 Å². The van der Waals surface area contributed by atoms with Crippen LogP contribution in [0.5, 0.6) is 0 Å². The van der Waals surface area contributed by atoms with Gasteiger partial charge in [-0.2, -0.15) is 0 Å². The standard InChI is InChI=1S/C14H27BrN2O2S/c1-20(18,19)17-10-3-5-13(12-17)11-16(9-4-8-15)14-6-2-7-14/h13-14H,2-12H2,1H3. The normalized spacial score (nSPS) is 25.9. The Morgan fingerprint density at radius 3 is 2.55 bits per heavy atom. The van der Waals surface area contributed by atoms with Gasteiger partial charge >= 0.3 is 0 Å². The molecule has 4 nitrogen and oxygen atoms in total. The molecule has 0 radical (unpaired) electrons. The third-order valence-corrected chi connectivity index (χ3v) is 6.44. The summed E-state index contributed by atoms with van der Waals surface area (Å²) in [7, 11) is -3.02. The zero-order valence-electron chi connectivity index (χ0n) is 12.4. The maximum atomic E-state index is 11.7. The molecule has 0 N–H and O–H groups in total. The number of sulfonamides is 1. The van der Waals surface area contributed by atoms with Crippen molar-refractivity contribution in [2.24, 2.45) is 5.92 Å². The van der Waals surface area contributed by atoms with Crippen molar-refractivity contribution in [2.75, 3.05) is 37.8 Å². The van der Waals surface area contributed by atoms with Gasteiger partial charge in [-0.15, -0.1) is 0 Å². The first-order valence-corrected chi connectivity index (χ1v) is 10.7. The Bertz CT molecular complexity index is 398. The summed E-state index contributed by atoms with van der Waals surface area (Å²) < 4.78 is 25.1. The molecule has 6 heteroatoms. The van der Waals surface area contributed by atoms with Crippen molar-refractivity contribution >= 4 is 26.0 Å². The lowest BCUT2D eigenvalue weighted by molar-refractivity contribution is 0.0921. The molecule has 1 unspecified atom stereocenters. The molecule has 0 aromatic rings. The number of hydrogen-bond acceptors (Lipinski definition) is 3. The van der Waals surface area contributed by atoms with Crippen LogP contribution in [0.4, 0.5) is 0 Å². The summed E-state index contributed by atoms with van der Waals surface area (Å²) in [5, 5.41) is 1.05. The molecule has 0 aromatic carbocycles. The monoisotopic (exact) mass is 366 g/mol. The van der Waals surface area contributed by atoms with Gasteiger partial charge in [-0.3, -0.25) is 0 Å². The van der Waals surface area contributed by atoms with Gasteiger partial charge in [0.25, 0.3) is 0 Å². The number of alkyl halides is 1. The Morgan fingerprint density at radius 1 is 1.25 bits per heavy atom. The average Bonchev–Trinajstić information content (AvgIpc) is 2.33. The highest BCUT2D eigenvalue weighted by molar-refractivity contribution is 9.09. The Morgan fingerprint density at radius 2 is 2.00 bits per heavy atom. The van der Waals surface area contributed by atoms with Gasteiger partial charge in [-0.25, -0.2) is 12.7 Å². The molecule has 1 aliphatic heterocycles. The van der Waals surface area contributed by atoms with E-state index >= 15 is 0 Å². The molecule has 2 aliphatic rings. The summed E-state index contributed by atoms with van der Waals surface area (Å²) in [6.45, 7) is 3.64. The lowest BCUT2D eigenvalue weighted by atomic mass is 9.89. The number of piperidine rings is 1. The quantitative estimate of drug-likeness (QED) is 0.649. The molecule has 0 spiro atoms. The SMILES string of the molecule is CS(=O)(=O)N1CCCC(CN(CCCBr)C2CCC2)C1. The van der Waals surface area contributed by atoms with Gasteiger partial charge in [0.15, 0.2) is 0 Å². The van der Waals surface area contributed by atoms with Crippen molar-refractivity contribution in [3.05, 3.63) is 0 Å². The molecule has 1 saturated heterocycles. The second-order valence-electron chi connectivity index (χ2n) is 6.25. The molecule has 2 fully saturated rings. The van der Waals surface area contributed by atoms with Gasteiger partial charge in [0.1, 0.15) is 0 Å². The van der Waals surface area contributed by atoms with E-state index in [-0.39, 0.29) is 0 Å². The van der Waals surface area contributed by atoms with E-state index in [0.29, 0.717) is 12.5 Å². The predicted molar refractivity (Wildman–Crippen MR) is 86.8 cm³/mol. The average molecular weight is 367 g/mol. The summed E-state index contributed by atoms with van der Waals surface area (Å²) in [6.07, 6.45) is 8.70. The third kappa shape index (κ3) is 4.68. The van der Waals surface area contributed by atoms with Gasteiger partial charge in [0.05, 0.1) is 6.26 Å². The molecular weight excluding hydrogens is 340 g/mol. The highest BCUT2D eigenvalue weighted by atomic mass is 79.9. The second-order valence-corrected chi connectivity index (χ2v) is 9.03. The minimum Gasteiger partial charge on any atom is -0.300 e. The summed E-state index contributed by atoms with van der Waals surface area (Å²) in [5.41, 5.74) is 0. The third-order valence-electron chi connectivity index (χ3n) is 4.61. The highest BCUT2D eigenvalue weighted by Crippen LogP contribution is 2.28. The van der Waals surface area contributed by atoms with E-state index in [2.05, 4.69) is 20.8 Å². The van der Waals surface area contributed by atoms with Crippen LogP contribution < -0.4 is 0 Å². The van der Waals surface area contributed by atoms with Crippen LogP contribution in [0.3, 0.4) is 0 Å². The van der Waals surface area contributed by atoms with Crippen molar-refractivity contribution < 1.29 is 8.42 Å². The molecule has 0 bridgehead atoms. The molecule has 0 aromatic heterocycles. The fraction of sp³-hybridized carbons (Fsp3) is 1.00. The molecule has 1 heterocycles. The zero-order valence-corrected chi connectivity index (χ0v) is 14.8. The number of halogens is 1. The Hall–Kier alpha value is 0.350. The van der Waals surface area contributed by atoms with Crippen LogP contribution in [0.2, 0.25) is 0 Å². The van der Waals surface area contributed by atoms with E-state index in [1.165, 1.54) is 38.4 Å². The number of rotatable bonds is 7. The van der Waals surface area contributed by atoms with Gasteiger partial charge in [0, 0.05) is 31.0 Å². The topological polar surface area (TPSA) is 40.6 Å². The van der Waals surface area contributed by atoms with Crippen LogP contribution in [0.1, 0.15) is 38.5 Å². The van der Waals surface area contributed by atoms with Crippen molar-refractivity contribution in [3.63, 3.8) is 0 Å².